The van der Waals surface area contributed by atoms with Crippen LogP contribution in [0.3, 0.4) is 0 Å². The average molecular weight is 199 g/mol. The molecule has 3 atom stereocenters. The molecule has 1 heterocycles. The monoisotopic (exact) mass is 199 g/mol. The molecule has 1 rings (SSSR count). The second-order valence-corrected chi connectivity index (χ2v) is 4.66. The van der Waals surface area contributed by atoms with E-state index in [0.717, 1.165) is 13.1 Å². The van der Waals surface area contributed by atoms with Crippen molar-refractivity contribution in [3.05, 3.63) is 0 Å². The second-order valence-electron chi connectivity index (χ2n) is 4.66. The highest BCUT2D eigenvalue weighted by atomic mass is 16.4. The molecule has 0 saturated carbocycles. The van der Waals surface area contributed by atoms with Crippen LogP contribution in [0.15, 0.2) is 0 Å². The smallest absolute Gasteiger partial charge is 0.320 e. The zero-order chi connectivity index (χ0) is 10.7. The largest absolute Gasteiger partial charge is 0.480 e. The van der Waals surface area contributed by atoms with E-state index in [9.17, 15) is 4.79 Å². The Bertz CT molecular complexity index is 195. The molecule has 1 fully saturated rings. The lowest BCUT2D eigenvalue weighted by Crippen LogP contribution is -2.48. The Morgan fingerprint density at radius 2 is 1.93 bits per heavy atom. The number of nitrogens with zero attached hydrogens (tertiary/aromatic N) is 1. The van der Waals surface area contributed by atoms with Gasteiger partial charge in [0.15, 0.2) is 0 Å². The first-order valence-electron chi connectivity index (χ1n) is 5.51. The molecule has 0 radical (unpaired) electrons. The minimum atomic E-state index is -0.672. The van der Waals surface area contributed by atoms with Crippen molar-refractivity contribution in [1.29, 1.82) is 0 Å². The first-order valence-corrected chi connectivity index (χ1v) is 5.51. The Kier molecular flexibility index (Phi) is 3.93. The summed E-state index contributed by atoms with van der Waals surface area (Å²) in [6, 6.07) is -0.278. The summed E-state index contributed by atoms with van der Waals surface area (Å²) in [7, 11) is 0. The van der Waals surface area contributed by atoms with E-state index in [1.807, 2.05) is 6.92 Å². The fourth-order valence-electron chi connectivity index (χ4n) is 2.55. The van der Waals surface area contributed by atoms with Crippen LogP contribution >= 0.6 is 0 Å². The van der Waals surface area contributed by atoms with Gasteiger partial charge in [0.25, 0.3) is 0 Å². The standard InChI is InChI=1S/C11H21NO2/c1-4-10(11(13)14)12-6-8(2)5-9(3)7-12/h8-10H,4-7H2,1-3H3,(H,13,14)/t8-,9+,10-/m1/s1. The number of carboxylic acids is 1. The molecule has 3 heteroatoms. The van der Waals surface area contributed by atoms with Gasteiger partial charge in [0.2, 0.25) is 0 Å². The van der Waals surface area contributed by atoms with Gasteiger partial charge in [0.1, 0.15) is 6.04 Å². The highest BCUT2D eigenvalue weighted by Crippen LogP contribution is 2.23. The van der Waals surface area contributed by atoms with Crippen molar-refractivity contribution in [2.24, 2.45) is 11.8 Å². The quantitative estimate of drug-likeness (QED) is 0.754. The number of hydrogen-bond donors (Lipinski definition) is 1. The first kappa shape index (κ1) is 11.5. The molecule has 1 saturated heterocycles. The van der Waals surface area contributed by atoms with Gasteiger partial charge >= 0.3 is 5.97 Å². The predicted octanol–water partition coefficient (Wildman–Crippen LogP) is 1.83. The van der Waals surface area contributed by atoms with E-state index < -0.39 is 5.97 Å². The van der Waals surface area contributed by atoms with Crippen molar-refractivity contribution < 1.29 is 9.90 Å². The van der Waals surface area contributed by atoms with Gasteiger partial charge in [0.05, 0.1) is 0 Å². The third-order valence-corrected chi connectivity index (χ3v) is 3.01. The van der Waals surface area contributed by atoms with Crippen LogP contribution in [0.1, 0.15) is 33.6 Å². The summed E-state index contributed by atoms with van der Waals surface area (Å²) in [5.41, 5.74) is 0. The number of likely N-dealkylation sites (tertiary alicyclic amines) is 1. The summed E-state index contributed by atoms with van der Waals surface area (Å²) >= 11 is 0. The maximum Gasteiger partial charge on any atom is 0.320 e. The van der Waals surface area contributed by atoms with Gasteiger partial charge in [-0.3, -0.25) is 9.69 Å². The number of carboxylic acid groups (broad SMARTS) is 1. The average Bonchev–Trinajstić information content (AvgIpc) is 2.02. The van der Waals surface area contributed by atoms with Gasteiger partial charge in [-0.05, 0) is 24.7 Å². The third-order valence-electron chi connectivity index (χ3n) is 3.01. The van der Waals surface area contributed by atoms with E-state index in [4.69, 9.17) is 5.11 Å². The lowest BCUT2D eigenvalue weighted by atomic mass is 9.90. The minimum absolute atomic E-state index is 0.278. The molecule has 0 amide bonds. The van der Waals surface area contributed by atoms with Crippen LogP contribution in [0.2, 0.25) is 0 Å². The number of hydrogen-bond acceptors (Lipinski definition) is 2. The normalized spacial score (nSPS) is 31.4. The van der Waals surface area contributed by atoms with Crippen LogP contribution in [0.5, 0.6) is 0 Å². The van der Waals surface area contributed by atoms with Crippen LogP contribution in [-0.4, -0.2) is 35.1 Å². The van der Waals surface area contributed by atoms with Crippen LogP contribution in [0.4, 0.5) is 0 Å². The maximum absolute atomic E-state index is 11.0. The molecule has 0 aromatic heterocycles. The molecule has 0 bridgehead atoms. The van der Waals surface area contributed by atoms with E-state index in [-0.39, 0.29) is 6.04 Å². The molecule has 1 aliphatic heterocycles. The third kappa shape index (κ3) is 2.71. The molecular weight excluding hydrogens is 178 g/mol. The van der Waals surface area contributed by atoms with E-state index in [1.165, 1.54) is 6.42 Å². The molecule has 3 nitrogen and oxygen atoms in total. The summed E-state index contributed by atoms with van der Waals surface area (Å²) in [6.45, 7) is 8.24. The van der Waals surface area contributed by atoms with E-state index in [2.05, 4.69) is 18.7 Å². The van der Waals surface area contributed by atoms with Crippen molar-refractivity contribution >= 4 is 5.97 Å². The molecule has 0 aliphatic carbocycles. The van der Waals surface area contributed by atoms with Crippen LogP contribution < -0.4 is 0 Å². The van der Waals surface area contributed by atoms with Gasteiger partial charge in [0, 0.05) is 13.1 Å². The summed E-state index contributed by atoms with van der Waals surface area (Å²) in [5.74, 6) is 0.591. The Labute approximate surface area is 86.1 Å². The van der Waals surface area contributed by atoms with E-state index in [0.29, 0.717) is 18.3 Å². The summed E-state index contributed by atoms with van der Waals surface area (Å²) in [6.07, 6.45) is 1.93. The van der Waals surface area contributed by atoms with Crippen molar-refractivity contribution in [3.63, 3.8) is 0 Å². The van der Waals surface area contributed by atoms with Crippen molar-refractivity contribution in [1.82, 2.24) is 4.90 Å². The summed E-state index contributed by atoms with van der Waals surface area (Å²) in [5, 5.41) is 9.06. The number of aliphatic carboxylic acids is 1. The van der Waals surface area contributed by atoms with Crippen molar-refractivity contribution in [2.45, 2.75) is 39.7 Å². The predicted molar refractivity (Wildman–Crippen MR) is 56.2 cm³/mol. The van der Waals surface area contributed by atoms with Crippen LogP contribution in [0, 0.1) is 11.8 Å². The highest BCUT2D eigenvalue weighted by Gasteiger charge is 2.30. The fraction of sp³-hybridized carbons (Fsp3) is 0.909. The molecule has 82 valence electrons. The molecular formula is C11H21NO2. The lowest BCUT2D eigenvalue weighted by Gasteiger charge is -2.38. The van der Waals surface area contributed by atoms with Gasteiger partial charge in [-0.25, -0.2) is 0 Å². The molecule has 1 aliphatic rings. The van der Waals surface area contributed by atoms with E-state index in [1.54, 1.807) is 0 Å². The SMILES string of the molecule is CC[C@H](C(=O)O)N1C[C@H](C)C[C@H](C)C1. The number of carbonyl (C=O) groups is 1. The fourth-order valence-corrected chi connectivity index (χ4v) is 2.55. The van der Waals surface area contributed by atoms with Gasteiger partial charge < -0.3 is 5.11 Å². The second kappa shape index (κ2) is 4.78. The van der Waals surface area contributed by atoms with Gasteiger partial charge in [-0.15, -0.1) is 0 Å². The maximum atomic E-state index is 11.0. The van der Waals surface area contributed by atoms with Crippen LogP contribution in [-0.2, 0) is 4.79 Å². The molecule has 0 spiro atoms. The zero-order valence-electron chi connectivity index (χ0n) is 9.36. The minimum Gasteiger partial charge on any atom is -0.480 e. The Balaban J connectivity index is 2.61. The summed E-state index contributed by atoms with van der Waals surface area (Å²) in [4.78, 5) is 13.1. The van der Waals surface area contributed by atoms with Crippen molar-refractivity contribution in [3.8, 4) is 0 Å². The molecule has 0 unspecified atom stereocenters. The lowest BCUT2D eigenvalue weighted by molar-refractivity contribution is -0.144. The number of rotatable bonds is 3. The number of piperidine rings is 1. The van der Waals surface area contributed by atoms with Gasteiger partial charge in [-0.2, -0.15) is 0 Å². The van der Waals surface area contributed by atoms with Gasteiger partial charge in [-0.1, -0.05) is 20.8 Å². The van der Waals surface area contributed by atoms with E-state index >= 15 is 0 Å². The Morgan fingerprint density at radius 1 is 1.43 bits per heavy atom. The summed E-state index contributed by atoms with van der Waals surface area (Å²) < 4.78 is 0. The topological polar surface area (TPSA) is 40.5 Å². The first-order chi connectivity index (χ1) is 6.54. The van der Waals surface area contributed by atoms with Crippen molar-refractivity contribution in [2.75, 3.05) is 13.1 Å². The highest BCUT2D eigenvalue weighted by molar-refractivity contribution is 5.73. The van der Waals surface area contributed by atoms with Crippen LogP contribution in [0.25, 0.3) is 0 Å². The Morgan fingerprint density at radius 3 is 2.29 bits per heavy atom. The molecule has 14 heavy (non-hydrogen) atoms. The Hall–Kier alpha value is -0.570. The molecule has 0 aromatic carbocycles. The molecule has 0 aromatic rings. The zero-order valence-corrected chi connectivity index (χ0v) is 9.36. The molecule has 1 N–H and O–H groups in total.